The predicted molar refractivity (Wildman–Crippen MR) is 130 cm³/mol. The van der Waals surface area contributed by atoms with Gasteiger partial charge in [0.05, 0.1) is 18.4 Å². The predicted octanol–water partition coefficient (Wildman–Crippen LogP) is 4.02. The van der Waals surface area contributed by atoms with E-state index < -0.39 is 0 Å². The minimum absolute atomic E-state index is 0.0438. The highest BCUT2D eigenvalue weighted by Crippen LogP contribution is 2.26. The quantitative estimate of drug-likeness (QED) is 0.437. The third-order valence-corrected chi connectivity index (χ3v) is 5.81. The molecule has 0 saturated carbocycles. The van der Waals surface area contributed by atoms with E-state index in [9.17, 15) is 9.59 Å². The van der Waals surface area contributed by atoms with Crippen LogP contribution in [0.3, 0.4) is 0 Å². The van der Waals surface area contributed by atoms with Gasteiger partial charge in [-0.1, -0.05) is 72.3 Å². The second kappa shape index (κ2) is 8.74. The maximum absolute atomic E-state index is 13.5. The third-order valence-electron chi connectivity index (χ3n) is 5.81. The molecule has 6 heteroatoms. The fourth-order valence-corrected chi connectivity index (χ4v) is 4.17. The number of aryl methyl sites for hydroxylation is 1. The summed E-state index contributed by atoms with van der Waals surface area (Å²) >= 11 is 0. The van der Waals surface area contributed by atoms with E-state index in [1.807, 2.05) is 85.8 Å². The number of amides is 1. The van der Waals surface area contributed by atoms with Crippen LogP contribution in [-0.2, 0) is 24.4 Å². The summed E-state index contributed by atoms with van der Waals surface area (Å²) in [6, 6.07) is 25.5. The Kier molecular flexibility index (Phi) is 5.48. The molecular weight excluding hydrogens is 412 g/mol. The molecule has 0 atom stereocenters. The average molecular weight is 437 g/mol. The molecule has 3 aromatic carbocycles. The lowest BCUT2D eigenvalue weighted by atomic mass is 10.1. The van der Waals surface area contributed by atoms with Crippen molar-refractivity contribution in [3.05, 3.63) is 112 Å². The molecule has 0 fully saturated rings. The third kappa shape index (κ3) is 4.15. The summed E-state index contributed by atoms with van der Waals surface area (Å²) in [5, 5.41) is 3.84. The molecule has 0 radical (unpaired) electrons. The second-order valence-electron chi connectivity index (χ2n) is 8.23. The van der Waals surface area contributed by atoms with Gasteiger partial charge in [0.15, 0.2) is 0 Å². The number of benzene rings is 3. The smallest absolute Gasteiger partial charge is 0.278 e. The van der Waals surface area contributed by atoms with E-state index in [2.05, 4.69) is 10.3 Å². The summed E-state index contributed by atoms with van der Waals surface area (Å²) < 4.78 is 3.39. The van der Waals surface area contributed by atoms with Crippen LogP contribution in [0.1, 0.15) is 16.7 Å². The topological polar surface area (TPSA) is 68.9 Å². The molecular formula is C27H24N4O2. The number of carbonyl (C=O) groups is 1. The number of nitrogens with zero attached hydrogens (tertiary/aromatic N) is 3. The van der Waals surface area contributed by atoms with Crippen molar-refractivity contribution < 1.29 is 4.79 Å². The summed E-state index contributed by atoms with van der Waals surface area (Å²) in [5.41, 5.74) is 4.85. The van der Waals surface area contributed by atoms with Crippen molar-refractivity contribution >= 4 is 27.8 Å². The normalized spacial score (nSPS) is 11.2. The summed E-state index contributed by atoms with van der Waals surface area (Å²) in [6.07, 6.45) is 1.60. The van der Waals surface area contributed by atoms with E-state index >= 15 is 0 Å². The molecule has 1 amide bonds. The monoisotopic (exact) mass is 436 g/mol. The van der Waals surface area contributed by atoms with Crippen LogP contribution in [0, 0.1) is 6.92 Å². The van der Waals surface area contributed by atoms with Gasteiger partial charge in [0.1, 0.15) is 17.6 Å². The second-order valence-corrected chi connectivity index (χ2v) is 8.23. The van der Waals surface area contributed by atoms with Crippen molar-refractivity contribution in [2.45, 2.75) is 26.6 Å². The fraction of sp³-hybridized carbons (Fsp3) is 0.148. The Hall–Kier alpha value is -4.19. The zero-order chi connectivity index (χ0) is 22.8. The van der Waals surface area contributed by atoms with E-state index in [0.29, 0.717) is 24.1 Å². The van der Waals surface area contributed by atoms with Gasteiger partial charge < -0.3 is 9.88 Å². The number of hydrogen-bond donors (Lipinski definition) is 1. The molecule has 1 N–H and O–H groups in total. The van der Waals surface area contributed by atoms with Crippen molar-refractivity contribution in [1.29, 1.82) is 0 Å². The average Bonchev–Trinajstić information content (AvgIpc) is 3.14. The van der Waals surface area contributed by atoms with Gasteiger partial charge in [0.2, 0.25) is 5.91 Å². The molecule has 0 bridgehead atoms. The fourth-order valence-electron chi connectivity index (χ4n) is 4.17. The van der Waals surface area contributed by atoms with Gasteiger partial charge in [0.25, 0.3) is 5.56 Å². The molecule has 5 aromatic rings. The Morgan fingerprint density at radius 3 is 2.36 bits per heavy atom. The van der Waals surface area contributed by atoms with E-state index in [1.165, 1.54) is 0 Å². The number of nitrogens with one attached hydrogen (secondary N) is 1. The van der Waals surface area contributed by atoms with Gasteiger partial charge in [-0.25, -0.2) is 4.98 Å². The molecule has 2 heterocycles. The molecule has 0 aliphatic rings. The molecule has 0 spiro atoms. The standard InChI is InChI=1S/C27H24N4O2/c1-19-12-13-23-22(14-19)25-26(27(33)30(18-29-25)16-21-10-6-3-7-11-21)31(23)17-24(32)28-15-20-8-4-2-5-9-20/h2-14,18H,15-17H2,1H3,(H,28,32). The van der Waals surface area contributed by atoms with Crippen molar-refractivity contribution in [2.24, 2.45) is 0 Å². The van der Waals surface area contributed by atoms with Gasteiger partial charge in [-0.05, 0) is 30.2 Å². The lowest BCUT2D eigenvalue weighted by Gasteiger charge is -2.10. The summed E-state index contributed by atoms with van der Waals surface area (Å²) in [5.74, 6) is -0.156. The van der Waals surface area contributed by atoms with Crippen LogP contribution in [0.2, 0.25) is 0 Å². The number of fused-ring (bicyclic) bond motifs is 3. The van der Waals surface area contributed by atoms with Crippen LogP contribution in [0.15, 0.2) is 90.0 Å². The van der Waals surface area contributed by atoms with Gasteiger partial charge in [-0.15, -0.1) is 0 Å². The number of carbonyl (C=O) groups excluding carboxylic acids is 1. The van der Waals surface area contributed by atoms with Gasteiger partial charge in [0, 0.05) is 11.9 Å². The first-order valence-electron chi connectivity index (χ1n) is 10.9. The lowest BCUT2D eigenvalue weighted by molar-refractivity contribution is -0.121. The van der Waals surface area contributed by atoms with Crippen LogP contribution in [-0.4, -0.2) is 20.0 Å². The van der Waals surface area contributed by atoms with Crippen LogP contribution in [0.25, 0.3) is 21.9 Å². The van der Waals surface area contributed by atoms with Crippen LogP contribution in [0.5, 0.6) is 0 Å². The zero-order valence-electron chi connectivity index (χ0n) is 18.4. The van der Waals surface area contributed by atoms with Crippen molar-refractivity contribution in [1.82, 2.24) is 19.4 Å². The van der Waals surface area contributed by atoms with E-state index in [-0.39, 0.29) is 18.0 Å². The Balaban J connectivity index is 1.55. The summed E-state index contributed by atoms with van der Waals surface area (Å²) in [7, 11) is 0. The Bertz CT molecular complexity index is 1500. The Morgan fingerprint density at radius 1 is 0.939 bits per heavy atom. The molecule has 0 unspecified atom stereocenters. The van der Waals surface area contributed by atoms with Gasteiger partial charge in [-0.3, -0.25) is 14.2 Å². The molecule has 0 aliphatic heterocycles. The van der Waals surface area contributed by atoms with E-state index in [0.717, 1.165) is 27.6 Å². The maximum atomic E-state index is 13.5. The first-order chi connectivity index (χ1) is 16.1. The van der Waals surface area contributed by atoms with E-state index in [1.54, 1.807) is 15.5 Å². The first kappa shape index (κ1) is 20.7. The van der Waals surface area contributed by atoms with Crippen molar-refractivity contribution in [3.8, 4) is 0 Å². The molecule has 0 aliphatic carbocycles. The first-order valence-corrected chi connectivity index (χ1v) is 10.9. The van der Waals surface area contributed by atoms with Crippen LogP contribution in [0.4, 0.5) is 0 Å². The minimum Gasteiger partial charge on any atom is -0.350 e. The highest BCUT2D eigenvalue weighted by atomic mass is 16.2. The molecule has 2 aromatic heterocycles. The highest BCUT2D eigenvalue weighted by Gasteiger charge is 2.18. The summed E-state index contributed by atoms with van der Waals surface area (Å²) in [4.78, 5) is 31.0. The molecule has 5 rings (SSSR count). The van der Waals surface area contributed by atoms with E-state index in [4.69, 9.17) is 0 Å². The zero-order valence-corrected chi connectivity index (χ0v) is 18.4. The molecule has 33 heavy (non-hydrogen) atoms. The number of hydrogen-bond acceptors (Lipinski definition) is 3. The van der Waals surface area contributed by atoms with Crippen LogP contribution < -0.4 is 10.9 Å². The van der Waals surface area contributed by atoms with Gasteiger partial charge >= 0.3 is 0 Å². The largest absolute Gasteiger partial charge is 0.350 e. The van der Waals surface area contributed by atoms with Gasteiger partial charge in [-0.2, -0.15) is 0 Å². The SMILES string of the molecule is Cc1ccc2c(c1)c1ncn(Cc3ccccc3)c(=O)c1n2CC(=O)NCc1ccccc1. The summed E-state index contributed by atoms with van der Waals surface area (Å²) in [6.45, 7) is 2.91. The van der Waals surface area contributed by atoms with Crippen molar-refractivity contribution in [2.75, 3.05) is 0 Å². The van der Waals surface area contributed by atoms with Crippen molar-refractivity contribution in [3.63, 3.8) is 0 Å². The molecule has 164 valence electrons. The number of rotatable bonds is 6. The lowest BCUT2D eigenvalue weighted by Crippen LogP contribution is -2.29. The Morgan fingerprint density at radius 2 is 1.64 bits per heavy atom. The minimum atomic E-state index is -0.159. The Labute approximate surface area is 191 Å². The maximum Gasteiger partial charge on any atom is 0.278 e. The number of aromatic nitrogens is 3. The molecule has 0 saturated heterocycles. The van der Waals surface area contributed by atoms with Crippen LogP contribution >= 0.6 is 0 Å². The molecule has 6 nitrogen and oxygen atoms in total. The highest BCUT2D eigenvalue weighted by molar-refractivity contribution is 6.06.